The molecule has 0 spiro atoms. The second-order valence-corrected chi connectivity index (χ2v) is 15.5. The van der Waals surface area contributed by atoms with Crippen LogP contribution in [0.1, 0.15) is 0 Å². The lowest BCUT2D eigenvalue weighted by Crippen LogP contribution is -2.00. The number of aromatic nitrogens is 5. The summed E-state index contributed by atoms with van der Waals surface area (Å²) in [6, 6.07) is 73.4. The van der Waals surface area contributed by atoms with Crippen molar-refractivity contribution < 1.29 is 4.42 Å². The minimum atomic E-state index is 0.586. The Hall–Kier alpha value is -8.48. The molecular weight excluding hydrogens is 759 g/mol. The van der Waals surface area contributed by atoms with Crippen molar-refractivity contribution in [3.05, 3.63) is 212 Å². The van der Waals surface area contributed by atoms with Crippen molar-refractivity contribution in [3.63, 3.8) is 0 Å². The van der Waals surface area contributed by atoms with Crippen molar-refractivity contribution in [2.45, 2.75) is 0 Å². The van der Waals surface area contributed by atoms with Crippen LogP contribution >= 0.6 is 0 Å². The molecule has 0 aliphatic carbocycles. The molecule has 12 aromatic rings. The molecule has 8 aromatic carbocycles. The largest absolute Gasteiger partial charge is 0.456 e. The van der Waals surface area contributed by atoms with Gasteiger partial charge in [-0.1, -0.05) is 182 Å². The molecule has 4 heterocycles. The summed E-state index contributed by atoms with van der Waals surface area (Å²) in [7, 11) is 0. The normalized spacial score (nSPS) is 11.5. The quantitative estimate of drug-likeness (QED) is 0.161. The summed E-state index contributed by atoms with van der Waals surface area (Å²) in [6.07, 6.45) is 0. The summed E-state index contributed by atoms with van der Waals surface area (Å²) in [5.41, 5.74) is 13.7. The van der Waals surface area contributed by atoms with Gasteiger partial charge in [0, 0.05) is 49.5 Å². The van der Waals surface area contributed by atoms with Crippen molar-refractivity contribution >= 4 is 38.2 Å². The third kappa shape index (κ3) is 6.13. The van der Waals surface area contributed by atoms with Gasteiger partial charge in [-0.2, -0.15) is 5.10 Å². The highest BCUT2D eigenvalue weighted by atomic mass is 16.3. The summed E-state index contributed by atoms with van der Waals surface area (Å²) in [6.45, 7) is 0. The first-order chi connectivity index (χ1) is 30.7. The predicted octanol–water partition coefficient (Wildman–Crippen LogP) is 14.2. The van der Waals surface area contributed by atoms with Crippen LogP contribution in [0.15, 0.2) is 217 Å². The van der Waals surface area contributed by atoms with E-state index in [-0.39, 0.29) is 0 Å². The van der Waals surface area contributed by atoms with Crippen LogP contribution in [0.5, 0.6) is 0 Å². The zero-order chi connectivity index (χ0) is 41.0. The smallest absolute Gasteiger partial charge is 0.164 e. The molecule has 0 aliphatic heterocycles. The van der Waals surface area contributed by atoms with E-state index >= 15 is 0 Å². The highest BCUT2D eigenvalue weighted by Gasteiger charge is 2.22. The third-order valence-corrected chi connectivity index (χ3v) is 11.7. The van der Waals surface area contributed by atoms with E-state index in [2.05, 4.69) is 156 Å². The molecule has 0 unspecified atom stereocenters. The molecule has 4 aromatic heterocycles. The molecule has 0 bridgehead atoms. The number of benzene rings is 8. The maximum atomic E-state index is 6.21. The summed E-state index contributed by atoms with van der Waals surface area (Å²) >= 11 is 0. The molecule has 0 amide bonds. The number of hydrogen-bond acceptors (Lipinski definition) is 5. The molecule has 0 N–H and O–H groups in total. The van der Waals surface area contributed by atoms with Gasteiger partial charge < -0.3 is 4.42 Å². The lowest BCUT2D eigenvalue weighted by atomic mass is 9.95. The zero-order valence-electron chi connectivity index (χ0n) is 33.4. The molecule has 0 saturated heterocycles. The number of fused-ring (bicyclic) bond motifs is 6. The van der Waals surface area contributed by atoms with E-state index in [1.54, 1.807) is 0 Å². The van der Waals surface area contributed by atoms with Gasteiger partial charge in [0.1, 0.15) is 16.9 Å². The Balaban J connectivity index is 1.01. The molecule has 0 saturated carbocycles. The topological polar surface area (TPSA) is 69.1 Å². The van der Waals surface area contributed by atoms with E-state index < -0.39 is 0 Å². The number of nitrogens with zero attached hydrogens (tertiary/aromatic N) is 5. The average molecular weight is 794 g/mol. The molecule has 0 fully saturated rings. The molecule has 12 rings (SSSR count). The van der Waals surface area contributed by atoms with E-state index in [0.29, 0.717) is 17.5 Å². The Kier molecular flexibility index (Phi) is 8.38. The minimum absolute atomic E-state index is 0.586. The van der Waals surface area contributed by atoms with Gasteiger partial charge in [-0.15, -0.1) is 0 Å². The summed E-state index contributed by atoms with van der Waals surface area (Å²) in [5.74, 6) is 1.79. The van der Waals surface area contributed by atoms with Gasteiger partial charge >= 0.3 is 0 Å². The minimum Gasteiger partial charge on any atom is -0.456 e. The van der Waals surface area contributed by atoms with Crippen molar-refractivity contribution in [1.29, 1.82) is 0 Å². The average Bonchev–Trinajstić information content (AvgIpc) is 3.94. The van der Waals surface area contributed by atoms with Gasteiger partial charge in [0.05, 0.1) is 11.2 Å². The molecule has 6 heteroatoms. The molecule has 0 atom stereocenters. The summed E-state index contributed by atoms with van der Waals surface area (Å²) in [4.78, 5) is 15.4. The second kappa shape index (κ2) is 14.7. The zero-order valence-corrected chi connectivity index (χ0v) is 33.4. The lowest BCUT2D eigenvalue weighted by molar-refractivity contribution is 0.669. The van der Waals surface area contributed by atoms with Crippen LogP contribution in [0, 0.1) is 0 Å². The summed E-state index contributed by atoms with van der Waals surface area (Å²) in [5, 5.41) is 9.92. The van der Waals surface area contributed by atoms with Gasteiger partial charge in [-0.3, -0.25) is 0 Å². The fourth-order valence-corrected chi connectivity index (χ4v) is 8.66. The fourth-order valence-electron chi connectivity index (χ4n) is 8.66. The van der Waals surface area contributed by atoms with Crippen molar-refractivity contribution in [3.8, 4) is 78.9 Å². The fraction of sp³-hybridized carbons (Fsp3) is 0. The molecule has 62 heavy (non-hydrogen) atoms. The maximum Gasteiger partial charge on any atom is 0.164 e. The Morgan fingerprint density at radius 2 is 0.871 bits per heavy atom. The van der Waals surface area contributed by atoms with E-state index in [4.69, 9.17) is 24.5 Å². The Bertz CT molecular complexity index is 3610. The highest BCUT2D eigenvalue weighted by Crippen LogP contribution is 2.42. The van der Waals surface area contributed by atoms with Crippen molar-refractivity contribution in [2.75, 3.05) is 0 Å². The first kappa shape index (κ1) is 35.5. The van der Waals surface area contributed by atoms with Crippen LogP contribution in [-0.2, 0) is 0 Å². The van der Waals surface area contributed by atoms with Crippen molar-refractivity contribution in [1.82, 2.24) is 24.6 Å². The Morgan fingerprint density at radius 1 is 0.339 bits per heavy atom. The number of hydrogen-bond donors (Lipinski definition) is 0. The van der Waals surface area contributed by atoms with Gasteiger partial charge in [-0.05, 0) is 52.4 Å². The third-order valence-electron chi connectivity index (χ3n) is 11.7. The lowest BCUT2D eigenvalue weighted by Gasteiger charge is -2.12. The SMILES string of the molecule is c1ccc(-c2nc(-c3ccc(-c4ccc5c(c4)oc4ccccc45)cc3)nc(-c3cccc(-c4c(-c5ccccc5)nn5c(-c6ccccc6)cc6ccccc6c45)c3)n2)cc1. The van der Waals surface area contributed by atoms with Gasteiger partial charge in [0.2, 0.25) is 0 Å². The van der Waals surface area contributed by atoms with E-state index in [0.717, 1.165) is 99.7 Å². The number of rotatable bonds is 7. The molecule has 6 nitrogen and oxygen atoms in total. The molecule has 0 radical (unpaired) electrons. The highest BCUT2D eigenvalue weighted by molar-refractivity contribution is 6.09. The van der Waals surface area contributed by atoms with Crippen LogP contribution < -0.4 is 0 Å². The van der Waals surface area contributed by atoms with Crippen LogP contribution in [-0.4, -0.2) is 24.6 Å². The molecule has 0 aliphatic rings. The van der Waals surface area contributed by atoms with Crippen molar-refractivity contribution in [2.24, 2.45) is 0 Å². The van der Waals surface area contributed by atoms with Gasteiger partial charge in [0.15, 0.2) is 17.5 Å². The molecule has 290 valence electrons. The number of pyridine rings is 1. The Morgan fingerprint density at radius 3 is 1.61 bits per heavy atom. The number of furan rings is 1. The maximum absolute atomic E-state index is 6.21. The van der Waals surface area contributed by atoms with Crippen LogP contribution in [0.3, 0.4) is 0 Å². The van der Waals surface area contributed by atoms with E-state index in [1.807, 2.05) is 60.7 Å². The summed E-state index contributed by atoms with van der Waals surface area (Å²) < 4.78 is 8.33. The number of para-hydroxylation sites is 1. The van der Waals surface area contributed by atoms with Crippen LogP contribution in [0.4, 0.5) is 0 Å². The predicted molar refractivity (Wildman–Crippen MR) is 251 cm³/mol. The first-order valence-electron chi connectivity index (χ1n) is 20.7. The van der Waals surface area contributed by atoms with Gasteiger partial charge in [-0.25, -0.2) is 19.5 Å². The second-order valence-electron chi connectivity index (χ2n) is 15.5. The monoisotopic (exact) mass is 793 g/mol. The van der Waals surface area contributed by atoms with E-state index in [9.17, 15) is 0 Å². The standard InChI is InChI=1S/C56H35N5O/c1-4-15-37(16-5-1)48-34-42-21-10-11-24-45(42)53-51(52(60-61(48)53)38-17-6-2-7-18-38)43-22-14-23-44(33-43)56-58-54(39-19-8-3-9-20-39)57-55(59-56)40-29-27-36(28-30-40)41-31-32-47-46-25-12-13-26-49(46)62-50(47)35-41/h1-35H. The van der Waals surface area contributed by atoms with Gasteiger partial charge in [0.25, 0.3) is 0 Å². The molecular formula is C56H35N5O. The van der Waals surface area contributed by atoms with Crippen LogP contribution in [0.25, 0.3) is 117 Å². The van der Waals surface area contributed by atoms with Crippen LogP contribution in [0.2, 0.25) is 0 Å². The van der Waals surface area contributed by atoms with E-state index in [1.165, 1.54) is 0 Å². The Labute approximate surface area is 357 Å². The first-order valence-corrected chi connectivity index (χ1v) is 20.7.